The Bertz CT molecular complexity index is 530. The van der Waals surface area contributed by atoms with Gasteiger partial charge in [-0.1, -0.05) is 30.3 Å². The molecule has 0 N–H and O–H groups in total. The second kappa shape index (κ2) is 5.05. The summed E-state index contributed by atoms with van der Waals surface area (Å²) >= 11 is 6.33. The summed E-state index contributed by atoms with van der Waals surface area (Å²) in [4.78, 5) is 16.6. The summed E-state index contributed by atoms with van der Waals surface area (Å²) in [5.74, 6) is -0.319. The highest BCUT2D eigenvalue weighted by Gasteiger charge is 2.06. The lowest BCUT2D eigenvalue weighted by Crippen LogP contribution is -2.20. The summed E-state index contributed by atoms with van der Waals surface area (Å²) < 4.78 is 1.84. The van der Waals surface area contributed by atoms with Gasteiger partial charge in [0.2, 0.25) is 0 Å². The van der Waals surface area contributed by atoms with Gasteiger partial charge in [0.25, 0.3) is 0 Å². The van der Waals surface area contributed by atoms with Crippen molar-refractivity contribution in [2.75, 3.05) is 0 Å². The van der Waals surface area contributed by atoms with Crippen LogP contribution < -0.4 is 4.84 Å². The van der Waals surface area contributed by atoms with Gasteiger partial charge < -0.3 is 4.84 Å². The van der Waals surface area contributed by atoms with Gasteiger partial charge in [-0.25, -0.2) is 4.79 Å². The Hall–Kier alpha value is -1.46. The highest BCUT2D eigenvalue weighted by atomic mass is 32.1. The van der Waals surface area contributed by atoms with Crippen molar-refractivity contribution < 1.29 is 9.63 Å². The molecule has 0 saturated carbocycles. The predicted molar refractivity (Wildman–Crippen MR) is 64.9 cm³/mol. The predicted octanol–water partition coefficient (Wildman–Crippen LogP) is 2.48. The highest BCUT2D eigenvalue weighted by Crippen LogP contribution is 2.03. The monoisotopic (exact) mass is 251 g/mol. The fourth-order valence-corrected chi connectivity index (χ4v) is 1.98. The van der Waals surface area contributed by atoms with Gasteiger partial charge in [-0.2, -0.15) is 4.73 Å². The van der Waals surface area contributed by atoms with Crippen LogP contribution in [0.3, 0.4) is 0 Å². The van der Waals surface area contributed by atoms with E-state index in [-0.39, 0.29) is 12.4 Å². The van der Waals surface area contributed by atoms with E-state index in [1.54, 1.807) is 11.6 Å². The fraction of sp³-hybridized carbons (Fsp3) is 0.0909. The number of thiazole rings is 1. The topological polar surface area (TPSA) is 31.2 Å². The Morgan fingerprint density at radius 2 is 2.12 bits per heavy atom. The van der Waals surface area contributed by atoms with E-state index >= 15 is 0 Å². The summed E-state index contributed by atoms with van der Waals surface area (Å²) in [5.41, 5.74) is 0.925. The average molecular weight is 251 g/mol. The number of benzene rings is 1. The lowest BCUT2D eigenvalue weighted by molar-refractivity contribution is -0.143. The molecule has 0 amide bonds. The van der Waals surface area contributed by atoms with Gasteiger partial charge >= 0.3 is 5.97 Å². The first-order valence-corrected chi connectivity index (χ1v) is 5.96. The molecule has 0 atom stereocenters. The van der Waals surface area contributed by atoms with Crippen LogP contribution in [0.15, 0.2) is 41.9 Å². The molecule has 16 heavy (non-hydrogen) atoms. The van der Waals surface area contributed by atoms with Crippen molar-refractivity contribution in [3.63, 3.8) is 0 Å². The second-order valence-electron chi connectivity index (χ2n) is 3.12. The minimum atomic E-state index is -0.319. The number of hydrogen-bond donors (Lipinski definition) is 0. The molecular formula is C11H9NO2S2. The van der Waals surface area contributed by atoms with Crippen LogP contribution in [0.4, 0.5) is 0 Å². The molecule has 3 nitrogen and oxygen atoms in total. The number of rotatable bonds is 3. The van der Waals surface area contributed by atoms with E-state index in [9.17, 15) is 4.79 Å². The molecule has 0 spiro atoms. The first-order chi connectivity index (χ1) is 7.75. The van der Waals surface area contributed by atoms with Gasteiger partial charge in [0.05, 0.1) is 12.6 Å². The maximum absolute atomic E-state index is 11.5. The molecule has 0 fully saturated rings. The molecule has 0 aliphatic rings. The zero-order valence-electron chi connectivity index (χ0n) is 8.33. The summed E-state index contributed by atoms with van der Waals surface area (Å²) in [5, 5.41) is 1.78. The van der Waals surface area contributed by atoms with Crippen molar-refractivity contribution in [2.24, 2.45) is 0 Å². The molecule has 1 aromatic heterocycles. The molecule has 0 bridgehead atoms. The van der Waals surface area contributed by atoms with Crippen LogP contribution in [0.1, 0.15) is 5.56 Å². The third-order valence-electron chi connectivity index (χ3n) is 1.94. The van der Waals surface area contributed by atoms with Gasteiger partial charge in [0.15, 0.2) is 3.95 Å². The van der Waals surface area contributed by atoms with Gasteiger partial charge in [-0.3, -0.25) is 0 Å². The summed E-state index contributed by atoms with van der Waals surface area (Å²) in [6.07, 6.45) is 1.88. The zero-order valence-corrected chi connectivity index (χ0v) is 9.96. The third kappa shape index (κ3) is 2.77. The molecular weight excluding hydrogens is 242 g/mol. The first-order valence-electron chi connectivity index (χ1n) is 4.67. The van der Waals surface area contributed by atoms with Crippen LogP contribution >= 0.6 is 23.6 Å². The number of nitrogens with zero attached hydrogens (tertiary/aromatic N) is 1. The van der Waals surface area contributed by atoms with Crippen LogP contribution in [0.2, 0.25) is 0 Å². The van der Waals surface area contributed by atoms with Crippen LogP contribution in [0.25, 0.3) is 0 Å². The van der Waals surface area contributed by atoms with Crippen LogP contribution in [-0.4, -0.2) is 10.7 Å². The first kappa shape index (κ1) is 11.0. The molecule has 82 valence electrons. The summed E-state index contributed by atoms with van der Waals surface area (Å²) in [6, 6.07) is 9.45. The van der Waals surface area contributed by atoms with Gasteiger partial charge in [-0.15, -0.1) is 11.3 Å². The van der Waals surface area contributed by atoms with Crippen molar-refractivity contribution in [3.05, 3.63) is 51.4 Å². The molecule has 0 aliphatic carbocycles. The molecule has 2 rings (SSSR count). The second-order valence-corrected chi connectivity index (χ2v) is 4.66. The minimum Gasteiger partial charge on any atom is -0.335 e. The SMILES string of the molecule is O=C(Cc1ccccc1)On1ccsc1=S. The van der Waals surface area contributed by atoms with Crippen molar-refractivity contribution >= 4 is 29.5 Å². The normalized spacial score (nSPS) is 10.0. The van der Waals surface area contributed by atoms with E-state index in [0.717, 1.165) is 5.56 Å². The number of aromatic nitrogens is 1. The van der Waals surface area contributed by atoms with Crippen LogP contribution in [-0.2, 0) is 11.2 Å². The average Bonchev–Trinajstić information content (AvgIpc) is 2.66. The quantitative estimate of drug-likeness (QED) is 0.785. The van der Waals surface area contributed by atoms with Gasteiger partial charge in [-0.05, 0) is 17.8 Å². The Balaban J connectivity index is 2.00. The molecule has 0 saturated heterocycles. The lowest BCUT2D eigenvalue weighted by Gasteiger charge is -2.03. The minimum absolute atomic E-state index is 0.248. The smallest absolute Gasteiger partial charge is 0.335 e. The van der Waals surface area contributed by atoms with Crippen molar-refractivity contribution in [2.45, 2.75) is 6.42 Å². The Morgan fingerprint density at radius 3 is 2.75 bits per heavy atom. The van der Waals surface area contributed by atoms with E-state index in [4.69, 9.17) is 17.1 Å². The summed E-state index contributed by atoms with van der Waals surface area (Å²) in [7, 11) is 0. The highest BCUT2D eigenvalue weighted by molar-refractivity contribution is 7.73. The number of carbonyl (C=O) groups is 1. The van der Waals surface area contributed by atoms with Crippen LogP contribution in [0, 0.1) is 3.95 Å². The van der Waals surface area contributed by atoms with Gasteiger partial charge in [0.1, 0.15) is 0 Å². The molecule has 1 heterocycles. The standard InChI is InChI=1S/C11H9NO2S2/c13-10(8-9-4-2-1-3-5-9)14-12-6-7-16-11(12)15/h1-7H,8H2. The van der Waals surface area contributed by atoms with E-state index in [1.807, 2.05) is 30.3 Å². The van der Waals surface area contributed by atoms with E-state index in [1.165, 1.54) is 16.1 Å². The van der Waals surface area contributed by atoms with Crippen molar-refractivity contribution in [1.29, 1.82) is 0 Å². The number of hydrogen-bond acceptors (Lipinski definition) is 4. The third-order valence-corrected chi connectivity index (χ3v) is 3.04. The Morgan fingerprint density at radius 1 is 1.38 bits per heavy atom. The Labute approximate surface area is 102 Å². The molecule has 0 unspecified atom stereocenters. The molecule has 5 heteroatoms. The fourth-order valence-electron chi connectivity index (χ4n) is 1.23. The maximum Gasteiger partial charge on any atom is 0.337 e. The van der Waals surface area contributed by atoms with Crippen molar-refractivity contribution in [1.82, 2.24) is 4.73 Å². The zero-order chi connectivity index (χ0) is 11.4. The molecule has 2 aromatic rings. The molecule has 1 aromatic carbocycles. The maximum atomic E-state index is 11.5. The molecule has 0 radical (unpaired) electrons. The summed E-state index contributed by atoms with van der Waals surface area (Å²) in [6.45, 7) is 0. The van der Waals surface area contributed by atoms with Crippen LogP contribution in [0.5, 0.6) is 0 Å². The van der Waals surface area contributed by atoms with Crippen molar-refractivity contribution in [3.8, 4) is 0 Å². The lowest BCUT2D eigenvalue weighted by atomic mass is 10.2. The largest absolute Gasteiger partial charge is 0.337 e. The van der Waals surface area contributed by atoms with E-state index in [2.05, 4.69) is 0 Å². The number of carbonyl (C=O) groups excluding carboxylic acids is 1. The van der Waals surface area contributed by atoms with E-state index in [0.29, 0.717) is 3.95 Å². The van der Waals surface area contributed by atoms with E-state index < -0.39 is 0 Å². The Kier molecular flexibility index (Phi) is 3.48. The van der Waals surface area contributed by atoms with Gasteiger partial charge in [0, 0.05) is 5.38 Å². The molecule has 0 aliphatic heterocycles.